The number of allylic oxidation sites excluding steroid dienone is 1. The molecule has 5 rings (SSSR count). The van der Waals surface area contributed by atoms with Gasteiger partial charge in [0.1, 0.15) is 6.33 Å². The first-order valence-corrected chi connectivity index (χ1v) is 9.57. The molecule has 3 aromatic rings. The number of anilines is 1. The van der Waals surface area contributed by atoms with Crippen LogP contribution >= 0.6 is 0 Å². The molecule has 2 aliphatic rings. The first kappa shape index (κ1) is 16.4. The lowest BCUT2D eigenvalue weighted by molar-refractivity contribution is 0.0903. The Morgan fingerprint density at radius 2 is 2.07 bits per heavy atom. The molecule has 1 saturated heterocycles. The molecular weight excluding hydrogens is 340 g/mol. The van der Waals surface area contributed by atoms with Crippen molar-refractivity contribution in [3.05, 3.63) is 53.8 Å². The molecule has 0 radical (unpaired) electrons. The highest BCUT2D eigenvalue weighted by Gasteiger charge is 2.19. The molecule has 1 aliphatic carbocycles. The van der Waals surface area contributed by atoms with Gasteiger partial charge in [-0.2, -0.15) is 5.10 Å². The fourth-order valence-corrected chi connectivity index (χ4v) is 3.80. The molecule has 0 amide bonds. The van der Waals surface area contributed by atoms with Gasteiger partial charge in [-0.3, -0.25) is 0 Å². The van der Waals surface area contributed by atoms with Gasteiger partial charge in [0.05, 0.1) is 5.69 Å². The number of rotatable bonds is 3. The van der Waals surface area contributed by atoms with Gasteiger partial charge < -0.3 is 10.1 Å². The number of ether oxygens (including phenoxy) is 1. The molecule has 138 valence electrons. The molecular formula is C20H22N6O. The summed E-state index contributed by atoms with van der Waals surface area (Å²) in [5, 5.41) is 7.74. The third kappa shape index (κ3) is 3.30. The van der Waals surface area contributed by atoms with Crippen molar-refractivity contribution in [2.75, 3.05) is 18.5 Å². The fraction of sp³-hybridized carbons (Fsp3) is 0.400. The van der Waals surface area contributed by atoms with Gasteiger partial charge in [-0.05, 0) is 49.8 Å². The van der Waals surface area contributed by atoms with Crippen molar-refractivity contribution in [2.45, 2.75) is 38.1 Å². The van der Waals surface area contributed by atoms with E-state index in [9.17, 15) is 0 Å². The molecule has 0 spiro atoms. The summed E-state index contributed by atoms with van der Waals surface area (Å²) in [7, 11) is 0. The first-order chi connectivity index (χ1) is 13.4. The van der Waals surface area contributed by atoms with Gasteiger partial charge in [0, 0.05) is 42.8 Å². The highest BCUT2D eigenvalue weighted by atomic mass is 16.5. The van der Waals surface area contributed by atoms with Crippen molar-refractivity contribution < 1.29 is 4.74 Å². The van der Waals surface area contributed by atoms with Crippen molar-refractivity contribution in [3.63, 3.8) is 0 Å². The van der Waals surface area contributed by atoms with E-state index in [1.807, 2.05) is 23.0 Å². The van der Waals surface area contributed by atoms with E-state index < -0.39 is 0 Å². The summed E-state index contributed by atoms with van der Waals surface area (Å²) in [5.41, 5.74) is 5.37. The summed E-state index contributed by atoms with van der Waals surface area (Å²) >= 11 is 0. The second-order valence-electron chi connectivity index (χ2n) is 7.08. The predicted molar refractivity (Wildman–Crippen MR) is 102 cm³/mol. The van der Waals surface area contributed by atoms with Gasteiger partial charge in [-0.25, -0.2) is 19.5 Å². The lowest BCUT2D eigenvalue weighted by Gasteiger charge is -2.23. The molecule has 0 unspecified atom stereocenters. The second kappa shape index (κ2) is 7.08. The van der Waals surface area contributed by atoms with Gasteiger partial charge in [0.15, 0.2) is 5.65 Å². The predicted octanol–water partition coefficient (Wildman–Crippen LogP) is 2.88. The Balaban J connectivity index is 1.47. The Morgan fingerprint density at radius 3 is 3.00 bits per heavy atom. The zero-order valence-electron chi connectivity index (χ0n) is 15.1. The maximum atomic E-state index is 5.43. The minimum Gasteiger partial charge on any atom is -0.381 e. The molecule has 0 aromatic carbocycles. The van der Waals surface area contributed by atoms with Gasteiger partial charge in [-0.1, -0.05) is 6.08 Å². The van der Waals surface area contributed by atoms with Gasteiger partial charge >= 0.3 is 0 Å². The van der Waals surface area contributed by atoms with Crippen molar-refractivity contribution in [1.29, 1.82) is 0 Å². The quantitative estimate of drug-likeness (QED) is 0.772. The number of hydrogen-bond acceptors (Lipinski definition) is 6. The Bertz CT molecular complexity index is 989. The van der Waals surface area contributed by atoms with Crippen LogP contribution in [-0.2, 0) is 11.2 Å². The SMILES string of the molecule is C1=C(c2ccc3ncnn3c2)c2cnc(NC3CCOCC3)nc2CCC1. The van der Waals surface area contributed by atoms with Crippen LogP contribution in [0.3, 0.4) is 0 Å². The monoisotopic (exact) mass is 362 g/mol. The molecule has 1 fully saturated rings. The van der Waals surface area contributed by atoms with Gasteiger partial charge in [0.25, 0.3) is 0 Å². The molecule has 7 heteroatoms. The van der Waals surface area contributed by atoms with E-state index in [4.69, 9.17) is 9.72 Å². The number of aromatic nitrogens is 5. The van der Waals surface area contributed by atoms with E-state index in [0.717, 1.165) is 73.7 Å². The van der Waals surface area contributed by atoms with Crippen LogP contribution in [0.5, 0.6) is 0 Å². The third-order valence-corrected chi connectivity index (χ3v) is 5.26. The molecule has 7 nitrogen and oxygen atoms in total. The van der Waals surface area contributed by atoms with E-state index in [2.05, 4.69) is 32.5 Å². The topological polar surface area (TPSA) is 77.2 Å². The van der Waals surface area contributed by atoms with Crippen LogP contribution in [-0.4, -0.2) is 43.8 Å². The number of pyridine rings is 1. The average molecular weight is 362 g/mol. The minimum atomic E-state index is 0.396. The van der Waals surface area contributed by atoms with Crippen molar-refractivity contribution in [2.24, 2.45) is 0 Å². The highest BCUT2D eigenvalue weighted by molar-refractivity contribution is 5.81. The third-order valence-electron chi connectivity index (χ3n) is 5.26. The Labute approximate surface area is 157 Å². The van der Waals surface area contributed by atoms with Crippen LogP contribution in [0.15, 0.2) is 36.9 Å². The zero-order valence-corrected chi connectivity index (χ0v) is 15.1. The fourth-order valence-electron chi connectivity index (χ4n) is 3.80. The van der Waals surface area contributed by atoms with Crippen molar-refractivity contribution in [3.8, 4) is 0 Å². The summed E-state index contributed by atoms with van der Waals surface area (Å²) in [4.78, 5) is 13.7. The van der Waals surface area contributed by atoms with Crippen LogP contribution in [0, 0.1) is 0 Å². The van der Waals surface area contributed by atoms with E-state index >= 15 is 0 Å². The average Bonchev–Trinajstić information content (AvgIpc) is 3.07. The molecule has 0 saturated carbocycles. The lowest BCUT2D eigenvalue weighted by Crippen LogP contribution is -2.28. The molecule has 27 heavy (non-hydrogen) atoms. The van der Waals surface area contributed by atoms with Crippen LogP contribution in [0.2, 0.25) is 0 Å². The molecule has 3 aromatic heterocycles. The van der Waals surface area contributed by atoms with Crippen molar-refractivity contribution >= 4 is 17.2 Å². The summed E-state index contributed by atoms with van der Waals surface area (Å²) in [6.45, 7) is 1.61. The summed E-state index contributed by atoms with van der Waals surface area (Å²) in [5.74, 6) is 0.730. The standard InChI is InChI=1S/C20H22N6O/c1-2-4-18-17(11-21-20(25-18)24-15-7-9-27-10-8-15)16(3-1)14-5-6-19-22-13-23-26(19)12-14/h3,5-6,11-13,15H,1-2,4,7-10H2,(H,21,24,25). The maximum Gasteiger partial charge on any atom is 0.223 e. The number of aryl methyl sites for hydroxylation is 1. The Morgan fingerprint density at radius 1 is 1.15 bits per heavy atom. The number of nitrogens with one attached hydrogen (secondary N) is 1. The second-order valence-corrected chi connectivity index (χ2v) is 7.08. The van der Waals surface area contributed by atoms with E-state index in [1.54, 1.807) is 6.33 Å². The molecule has 1 N–H and O–H groups in total. The summed E-state index contributed by atoms with van der Waals surface area (Å²) in [6.07, 6.45) is 13.0. The van der Waals surface area contributed by atoms with Crippen LogP contribution < -0.4 is 5.32 Å². The van der Waals surface area contributed by atoms with Crippen molar-refractivity contribution in [1.82, 2.24) is 24.6 Å². The lowest BCUT2D eigenvalue weighted by atomic mass is 9.99. The van der Waals surface area contributed by atoms with Gasteiger partial charge in [0.2, 0.25) is 5.95 Å². The molecule has 0 atom stereocenters. The van der Waals surface area contributed by atoms with Gasteiger partial charge in [-0.15, -0.1) is 0 Å². The van der Waals surface area contributed by atoms with E-state index in [1.165, 1.54) is 5.57 Å². The Kier molecular flexibility index (Phi) is 4.29. The highest BCUT2D eigenvalue weighted by Crippen LogP contribution is 2.30. The van der Waals surface area contributed by atoms with Crippen LogP contribution in [0.1, 0.15) is 42.5 Å². The minimum absolute atomic E-state index is 0.396. The Hall–Kier alpha value is -2.80. The molecule has 4 heterocycles. The van der Waals surface area contributed by atoms with Crippen LogP contribution in [0.4, 0.5) is 5.95 Å². The summed E-state index contributed by atoms with van der Waals surface area (Å²) < 4.78 is 7.24. The largest absolute Gasteiger partial charge is 0.381 e. The molecule has 1 aliphatic heterocycles. The molecule has 0 bridgehead atoms. The van der Waals surface area contributed by atoms with E-state index in [-0.39, 0.29) is 0 Å². The number of nitrogens with zero attached hydrogens (tertiary/aromatic N) is 5. The van der Waals surface area contributed by atoms with Crippen LogP contribution in [0.25, 0.3) is 11.2 Å². The first-order valence-electron chi connectivity index (χ1n) is 9.57. The maximum absolute atomic E-state index is 5.43. The number of fused-ring (bicyclic) bond motifs is 2. The van der Waals surface area contributed by atoms with E-state index in [0.29, 0.717) is 6.04 Å². The smallest absolute Gasteiger partial charge is 0.223 e. The summed E-state index contributed by atoms with van der Waals surface area (Å²) in [6, 6.07) is 4.49. The normalized spacial score (nSPS) is 18.0. The zero-order chi connectivity index (χ0) is 18.1. The number of hydrogen-bond donors (Lipinski definition) is 1.